The van der Waals surface area contributed by atoms with Gasteiger partial charge in [-0.1, -0.05) is 28.1 Å². The van der Waals surface area contributed by atoms with Crippen molar-refractivity contribution in [2.75, 3.05) is 0 Å². The first-order valence-electron chi connectivity index (χ1n) is 5.73. The molecule has 0 spiro atoms. The first-order valence-corrected chi connectivity index (χ1v) is 9.28. The zero-order valence-corrected chi connectivity index (χ0v) is 16.1. The molecule has 1 heterocycles. The molecule has 3 rings (SSSR count). The predicted octanol–water partition coefficient (Wildman–Crippen LogP) is 6.26. The summed E-state index contributed by atoms with van der Waals surface area (Å²) >= 11 is 10.8. The standard InChI is InChI=1S/C15H7Br2IOS/c16-8-4-5-13(18)10(6-8)14(19)11-7-20-15-9(11)2-1-3-12(15)17/h1-7H. The van der Waals surface area contributed by atoms with E-state index in [9.17, 15) is 4.79 Å². The average molecular weight is 522 g/mol. The van der Waals surface area contributed by atoms with Crippen molar-refractivity contribution >= 4 is 81.7 Å². The molecule has 0 amide bonds. The maximum absolute atomic E-state index is 12.8. The molecule has 0 saturated carbocycles. The average Bonchev–Trinajstić information content (AvgIpc) is 2.86. The van der Waals surface area contributed by atoms with Gasteiger partial charge in [-0.2, -0.15) is 0 Å². The number of thiophene rings is 1. The molecule has 0 aliphatic heterocycles. The summed E-state index contributed by atoms with van der Waals surface area (Å²) in [5.74, 6) is 0.0695. The second kappa shape index (κ2) is 5.87. The van der Waals surface area contributed by atoms with Gasteiger partial charge < -0.3 is 0 Å². The molecule has 0 fully saturated rings. The summed E-state index contributed by atoms with van der Waals surface area (Å²) in [7, 11) is 0. The van der Waals surface area contributed by atoms with E-state index in [1.165, 1.54) is 0 Å². The molecule has 0 unspecified atom stereocenters. The van der Waals surface area contributed by atoms with Crippen LogP contribution in [0.3, 0.4) is 0 Å². The van der Waals surface area contributed by atoms with Crippen LogP contribution >= 0.6 is 65.8 Å². The summed E-state index contributed by atoms with van der Waals surface area (Å²) in [5.41, 5.74) is 1.50. The lowest BCUT2D eigenvalue weighted by molar-refractivity contribution is 0.104. The van der Waals surface area contributed by atoms with Gasteiger partial charge >= 0.3 is 0 Å². The Morgan fingerprint density at radius 1 is 1.10 bits per heavy atom. The van der Waals surface area contributed by atoms with Crippen molar-refractivity contribution in [1.29, 1.82) is 0 Å². The number of rotatable bonds is 2. The summed E-state index contributed by atoms with van der Waals surface area (Å²) in [6.45, 7) is 0. The van der Waals surface area contributed by atoms with E-state index < -0.39 is 0 Å². The van der Waals surface area contributed by atoms with Gasteiger partial charge in [0.05, 0.1) is 0 Å². The molecule has 1 nitrogen and oxygen atoms in total. The van der Waals surface area contributed by atoms with Crippen LogP contribution in [0.2, 0.25) is 0 Å². The fourth-order valence-corrected chi connectivity index (χ4v) is 4.56. The third-order valence-electron chi connectivity index (χ3n) is 2.97. The van der Waals surface area contributed by atoms with Crippen molar-refractivity contribution in [2.24, 2.45) is 0 Å². The Kier molecular flexibility index (Phi) is 4.31. The van der Waals surface area contributed by atoms with Crippen molar-refractivity contribution in [1.82, 2.24) is 0 Å². The largest absolute Gasteiger partial charge is 0.289 e. The highest BCUT2D eigenvalue weighted by molar-refractivity contribution is 14.1. The molecule has 100 valence electrons. The van der Waals surface area contributed by atoms with E-state index in [-0.39, 0.29) is 5.78 Å². The van der Waals surface area contributed by atoms with Gasteiger partial charge in [0.1, 0.15) is 0 Å². The zero-order valence-electron chi connectivity index (χ0n) is 9.99. The van der Waals surface area contributed by atoms with Crippen LogP contribution in [0.5, 0.6) is 0 Å². The highest BCUT2D eigenvalue weighted by Crippen LogP contribution is 2.34. The van der Waals surface area contributed by atoms with Gasteiger partial charge in [-0.3, -0.25) is 4.79 Å². The molecule has 20 heavy (non-hydrogen) atoms. The maximum atomic E-state index is 12.8. The lowest BCUT2D eigenvalue weighted by Crippen LogP contribution is -2.02. The van der Waals surface area contributed by atoms with Crippen molar-refractivity contribution in [3.05, 3.63) is 65.4 Å². The van der Waals surface area contributed by atoms with Crippen LogP contribution in [-0.4, -0.2) is 5.78 Å². The first-order chi connectivity index (χ1) is 9.58. The Labute approximate surface area is 150 Å². The van der Waals surface area contributed by atoms with E-state index in [2.05, 4.69) is 54.5 Å². The number of carbonyl (C=O) groups is 1. The molecule has 2 aromatic carbocycles. The van der Waals surface area contributed by atoms with Crippen molar-refractivity contribution in [2.45, 2.75) is 0 Å². The molecule has 0 atom stereocenters. The highest BCUT2D eigenvalue weighted by Gasteiger charge is 2.17. The zero-order chi connectivity index (χ0) is 14.3. The van der Waals surface area contributed by atoms with Gasteiger partial charge in [-0.05, 0) is 62.8 Å². The van der Waals surface area contributed by atoms with E-state index in [1.807, 2.05) is 41.8 Å². The van der Waals surface area contributed by atoms with Crippen molar-refractivity contribution in [3.63, 3.8) is 0 Å². The van der Waals surface area contributed by atoms with Crippen LogP contribution in [0.4, 0.5) is 0 Å². The number of carbonyl (C=O) groups excluding carboxylic acids is 1. The Balaban J connectivity index is 2.18. The van der Waals surface area contributed by atoms with E-state index in [0.717, 1.165) is 33.7 Å². The van der Waals surface area contributed by atoms with Crippen LogP contribution in [0.25, 0.3) is 10.1 Å². The van der Waals surface area contributed by atoms with Crippen LogP contribution in [0, 0.1) is 3.57 Å². The Hall–Kier alpha value is -0.240. The molecule has 0 N–H and O–H groups in total. The van der Waals surface area contributed by atoms with Crippen LogP contribution in [0.15, 0.2) is 50.7 Å². The molecule has 0 aliphatic rings. The third kappa shape index (κ3) is 2.61. The van der Waals surface area contributed by atoms with E-state index in [0.29, 0.717) is 0 Å². The summed E-state index contributed by atoms with van der Waals surface area (Å²) in [6, 6.07) is 11.7. The lowest BCUT2D eigenvalue weighted by atomic mass is 10.0. The monoisotopic (exact) mass is 520 g/mol. The molecule has 5 heteroatoms. The normalized spacial score (nSPS) is 10.9. The minimum absolute atomic E-state index is 0.0695. The SMILES string of the molecule is O=C(c1cc(Br)ccc1I)c1csc2c(Br)cccc12. The quantitative estimate of drug-likeness (QED) is 0.287. The van der Waals surface area contributed by atoms with Gasteiger partial charge in [-0.25, -0.2) is 0 Å². The van der Waals surface area contributed by atoms with E-state index in [4.69, 9.17) is 0 Å². The second-order valence-corrected chi connectivity index (χ2v) is 8.03. The van der Waals surface area contributed by atoms with Gasteiger partial charge in [-0.15, -0.1) is 11.3 Å². The minimum atomic E-state index is 0.0695. The number of benzene rings is 2. The number of hydrogen-bond donors (Lipinski definition) is 0. The number of halogens is 3. The number of hydrogen-bond acceptors (Lipinski definition) is 2. The molecule has 3 aromatic rings. The molecule has 0 radical (unpaired) electrons. The molecular formula is C15H7Br2IOS. The van der Waals surface area contributed by atoms with Crippen molar-refractivity contribution in [3.8, 4) is 0 Å². The van der Waals surface area contributed by atoms with Crippen LogP contribution in [-0.2, 0) is 0 Å². The number of fused-ring (bicyclic) bond motifs is 1. The summed E-state index contributed by atoms with van der Waals surface area (Å²) < 4.78 is 4.02. The molecular weight excluding hydrogens is 515 g/mol. The Bertz CT molecular complexity index is 826. The fourth-order valence-electron chi connectivity index (χ4n) is 2.01. The van der Waals surface area contributed by atoms with Gasteiger partial charge in [0.15, 0.2) is 5.78 Å². The Morgan fingerprint density at radius 2 is 1.90 bits per heavy atom. The topological polar surface area (TPSA) is 17.1 Å². The lowest BCUT2D eigenvalue weighted by Gasteiger charge is -2.04. The van der Waals surface area contributed by atoms with E-state index in [1.54, 1.807) is 11.3 Å². The predicted molar refractivity (Wildman–Crippen MR) is 99.8 cm³/mol. The summed E-state index contributed by atoms with van der Waals surface area (Å²) in [4.78, 5) is 12.8. The fraction of sp³-hybridized carbons (Fsp3) is 0. The van der Waals surface area contributed by atoms with Gasteiger partial charge in [0.25, 0.3) is 0 Å². The van der Waals surface area contributed by atoms with Crippen molar-refractivity contribution < 1.29 is 4.79 Å². The molecule has 0 saturated heterocycles. The first kappa shape index (κ1) is 14.7. The van der Waals surface area contributed by atoms with Crippen LogP contribution in [0.1, 0.15) is 15.9 Å². The van der Waals surface area contributed by atoms with Crippen LogP contribution < -0.4 is 0 Å². The summed E-state index contributed by atoms with van der Waals surface area (Å²) in [6.07, 6.45) is 0. The second-order valence-electron chi connectivity index (χ2n) is 4.22. The summed E-state index contributed by atoms with van der Waals surface area (Å²) in [5, 5.41) is 2.94. The molecule has 1 aromatic heterocycles. The third-order valence-corrected chi connectivity index (χ3v) is 6.36. The van der Waals surface area contributed by atoms with E-state index >= 15 is 0 Å². The molecule has 0 bridgehead atoms. The maximum Gasteiger partial charge on any atom is 0.195 e. The minimum Gasteiger partial charge on any atom is -0.289 e. The highest BCUT2D eigenvalue weighted by atomic mass is 127. The smallest absolute Gasteiger partial charge is 0.195 e. The molecule has 0 aliphatic carbocycles. The number of ketones is 1. The Morgan fingerprint density at radius 3 is 2.70 bits per heavy atom. The van der Waals surface area contributed by atoms with Gasteiger partial charge in [0.2, 0.25) is 0 Å². The van der Waals surface area contributed by atoms with Gasteiger partial charge in [0, 0.05) is 39.1 Å².